The summed E-state index contributed by atoms with van der Waals surface area (Å²) in [7, 11) is 0. The number of benzene rings is 1. The van der Waals surface area contributed by atoms with Gasteiger partial charge in [-0.1, -0.05) is 25.4 Å². The highest BCUT2D eigenvalue weighted by atomic mass is 35.5. The largest absolute Gasteiger partial charge is 0.480 e. The zero-order chi connectivity index (χ0) is 15.0. The van der Waals surface area contributed by atoms with Crippen LogP contribution in [0.2, 0.25) is 5.02 Å². The summed E-state index contributed by atoms with van der Waals surface area (Å²) in [6.45, 7) is 4.11. The molecule has 0 spiro atoms. The number of halogens is 1. The van der Waals surface area contributed by atoms with Crippen molar-refractivity contribution in [1.82, 2.24) is 10.2 Å². The molecule has 0 fully saturated rings. The van der Waals surface area contributed by atoms with Crippen molar-refractivity contribution in [3.8, 4) is 5.75 Å². The van der Waals surface area contributed by atoms with Crippen molar-refractivity contribution < 1.29 is 9.53 Å². The highest BCUT2D eigenvalue weighted by Crippen LogP contribution is 2.31. The molecule has 0 bridgehead atoms. The number of aromatic nitrogens is 2. The molecule has 1 aromatic carbocycles. The number of H-pyrrole nitrogens is 1. The number of nitrogens with one attached hydrogen (secondary N) is 2. The normalized spacial score (nSPS) is 16.7. The molecule has 5 nitrogen and oxygen atoms in total. The molecule has 3 rings (SSSR count). The molecule has 2 heterocycles. The number of hydrogen-bond donors (Lipinski definition) is 2. The van der Waals surface area contributed by atoms with E-state index in [1.165, 1.54) is 0 Å². The Morgan fingerprint density at radius 3 is 3.00 bits per heavy atom. The maximum atomic E-state index is 12.2. The second-order valence-electron chi connectivity index (χ2n) is 5.42. The first kappa shape index (κ1) is 13.9. The Balaban J connectivity index is 1.67. The van der Waals surface area contributed by atoms with Crippen LogP contribution < -0.4 is 10.1 Å². The van der Waals surface area contributed by atoms with Gasteiger partial charge in [0.05, 0.1) is 0 Å². The number of carbonyl (C=O) groups is 1. The van der Waals surface area contributed by atoms with Gasteiger partial charge in [0.25, 0.3) is 5.91 Å². The van der Waals surface area contributed by atoms with E-state index in [1.807, 2.05) is 12.1 Å². The van der Waals surface area contributed by atoms with Gasteiger partial charge in [-0.25, -0.2) is 0 Å². The summed E-state index contributed by atoms with van der Waals surface area (Å²) in [6.07, 6.45) is -0.0268. The number of aromatic amines is 1. The average Bonchev–Trinajstić information content (AvgIpc) is 3.04. The smallest absolute Gasteiger partial charge is 0.266 e. The van der Waals surface area contributed by atoms with Gasteiger partial charge in [-0.2, -0.15) is 5.10 Å². The Morgan fingerprint density at radius 1 is 1.48 bits per heavy atom. The van der Waals surface area contributed by atoms with E-state index >= 15 is 0 Å². The molecule has 6 heteroatoms. The molecular weight excluding hydrogens is 290 g/mol. The Bertz CT molecular complexity index is 681. The fourth-order valence-electron chi connectivity index (χ4n) is 2.27. The van der Waals surface area contributed by atoms with Gasteiger partial charge in [0.15, 0.2) is 11.9 Å². The molecule has 1 amide bonds. The maximum Gasteiger partial charge on any atom is 0.266 e. The molecule has 1 aromatic heterocycles. The van der Waals surface area contributed by atoms with Gasteiger partial charge in [0.1, 0.15) is 5.75 Å². The Morgan fingerprint density at radius 2 is 2.29 bits per heavy atom. The molecule has 0 saturated heterocycles. The predicted molar refractivity (Wildman–Crippen MR) is 80.9 cm³/mol. The molecule has 1 aliphatic rings. The number of amides is 1. The minimum absolute atomic E-state index is 0.205. The number of rotatable bonds is 3. The van der Waals surface area contributed by atoms with Crippen molar-refractivity contribution in [3.05, 3.63) is 40.5 Å². The van der Waals surface area contributed by atoms with Gasteiger partial charge in [0.2, 0.25) is 0 Å². The van der Waals surface area contributed by atoms with Crippen LogP contribution in [0.5, 0.6) is 5.75 Å². The second kappa shape index (κ2) is 5.41. The van der Waals surface area contributed by atoms with Crippen LogP contribution in [0, 0.1) is 0 Å². The first-order valence-corrected chi connectivity index (χ1v) is 7.22. The topological polar surface area (TPSA) is 67.0 Å². The van der Waals surface area contributed by atoms with Crippen molar-refractivity contribution in [2.24, 2.45) is 0 Å². The quantitative estimate of drug-likeness (QED) is 0.915. The Labute approximate surface area is 127 Å². The monoisotopic (exact) mass is 305 g/mol. The minimum Gasteiger partial charge on any atom is -0.480 e. The van der Waals surface area contributed by atoms with Gasteiger partial charge in [-0.05, 0) is 29.7 Å². The molecule has 1 atom stereocenters. The number of fused-ring (bicyclic) bond motifs is 1. The van der Waals surface area contributed by atoms with Crippen LogP contribution in [-0.2, 0) is 11.2 Å². The number of hydrogen-bond acceptors (Lipinski definition) is 3. The average molecular weight is 306 g/mol. The molecule has 2 N–H and O–H groups in total. The molecule has 0 aliphatic carbocycles. The van der Waals surface area contributed by atoms with Crippen LogP contribution >= 0.6 is 11.6 Å². The molecule has 21 heavy (non-hydrogen) atoms. The lowest BCUT2D eigenvalue weighted by atomic mass is 10.1. The third kappa shape index (κ3) is 2.88. The zero-order valence-electron chi connectivity index (χ0n) is 11.8. The molecule has 0 saturated carbocycles. The number of anilines is 1. The number of ether oxygens (including phenoxy) is 1. The van der Waals surface area contributed by atoms with Gasteiger partial charge in [-0.15, -0.1) is 0 Å². The van der Waals surface area contributed by atoms with E-state index in [0.29, 0.717) is 28.9 Å². The van der Waals surface area contributed by atoms with Gasteiger partial charge >= 0.3 is 0 Å². The number of nitrogens with zero attached hydrogens (tertiary/aromatic N) is 1. The Hall–Kier alpha value is -2.01. The maximum absolute atomic E-state index is 12.2. The van der Waals surface area contributed by atoms with E-state index in [-0.39, 0.29) is 5.91 Å². The van der Waals surface area contributed by atoms with Crippen LogP contribution in [0.15, 0.2) is 24.3 Å². The van der Waals surface area contributed by atoms with E-state index in [1.54, 1.807) is 12.1 Å². The summed E-state index contributed by atoms with van der Waals surface area (Å²) in [5.41, 5.74) is 1.93. The van der Waals surface area contributed by atoms with Crippen LogP contribution in [0.4, 0.5) is 5.82 Å². The summed E-state index contributed by atoms with van der Waals surface area (Å²) < 4.78 is 5.64. The van der Waals surface area contributed by atoms with Crippen molar-refractivity contribution in [1.29, 1.82) is 0 Å². The van der Waals surface area contributed by atoms with Crippen LogP contribution in [0.1, 0.15) is 31.0 Å². The first-order chi connectivity index (χ1) is 10.0. The van der Waals surface area contributed by atoms with Gasteiger partial charge in [0, 0.05) is 23.2 Å². The van der Waals surface area contributed by atoms with Crippen LogP contribution in [0.25, 0.3) is 0 Å². The fraction of sp³-hybridized carbons (Fsp3) is 0.333. The third-order valence-electron chi connectivity index (χ3n) is 3.46. The molecule has 1 aliphatic heterocycles. The molecule has 2 aromatic rings. The summed E-state index contributed by atoms with van der Waals surface area (Å²) in [5.74, 6) is 1.35. The molecule has 110 valence electrons. The van der Waals surface area contributed by atoms with Crippen LogP contribution in [0.3, 0.4) is 0 Å². The van der Waals surface area contributed by atoms with Crippen molar-refractivity contribution >= 4 is 23.3 Å². The molecular formula is C15H16ClN3O2. The lowest BCUT2D eigenvalue weighted by Gasteiger charge is -2.09. The standard InChI is InChI=1S/C15H16ClN3O2/c1-8(2)11-7-14(19-18-11)17-15(20)13-6-9-5-10(16)3-4-12(9)21-13/h3-5,7-8,13H,6H2,1-2H3,(H2,17,18,19,20). The van der Waals surface area contributed by atoms with E-state index in [4.69, 9.17) is 16.3 Å². The van der Waals surface area contributed by atoms with E-state index in [0.717, 1.165) is 11.3 Å². The summed E-state index contributed by atoms with van der Waals surface area (Å²) in [5, 5.41) is 10.4. The summed E-state index contributed by atoms with van der Waals surface area (Å²) >= 11 is 5.94. The minimum atomic E-state index is -0.544. The summed E-state index contributed by atoms with van der Waals surface area (Å²) in [6, 6.07) is 7.21. The van der Waals surface area contributed by atoms with Gasteiger partial charge in [-0.3, -0.25) is 9.89 Å². The van der Waals surface area contributed by atoms with E-state index in [9.17, 15) is 4.79 Å². The van der Waals surface area contributed by atoms with E-state index < -0.39 is 6.10 Å². The van der Waals surface area contributed by atoms with E-state index in [2.05, 4.69) is 29.4 Å². The highest BCUT2D eigenvalue weighted by Gasteiger charge is 2.29. The van der Waals surface area contributed by atoms with Crippen molar-refractivity contribution in [3.63, 3.8) is 0 Å². The van der Waals surface area contributed by atoms with Crippen molar-refractivity contribution in [2.75, 3.05) is 5.32 Å². The Kier molecular flexibility index (Phi) is 3.59. The van der Waals surface area contributed by atoms with Gasteiger partial charge < -0.3 is 10.1 Å². The zero-order valence-corrected chi connectivity index (χ0v) is 12.6. The lowest BCUT2D eigenvalue weighted by molar-refractivity contribution is -0.122. The third-order valence-corrected chi connectivity index (χ3v) is 3.70. The summed E-state index contributed by atoms with van der Waals surface area (Å²) in [4.78, 5) is 12.2. The number of carbonyl (C=O) groups excluding carboxylic acids is 1. The fourth-order valence-corrected chi connectivity index (χ4v) is 2.46. The van der Waals surface area contributed by atoms with Crippen LogP contribution in [-0.4, -0.2) is 22.2 Å². The lowest BCUT2D eigenvalue weighted by Crippen LogP contribution is -2.31. The first-order valence-electron chi connectivity index (χ1n) is 6.84. The predicted octanol–water partition coefficient (Wildman–Crippen LogP) is 3.13. The SMILES string of the molecule is CC(C)c1cc(NC(=O)C2Cc3cc(Cl)ccc3O2)n[nH]1. The second-order valence-corrected chi connectivity index (χ2v) is 5.85. The molecule has 1 unspecified atom stereocenters. The molecule has 0 radical (unpaired) electrons. The van der Waals surface area contributed by atoms with Crippen molar-refractivity contribution in [2.45, 2.75) is 32.3 Å². The highest BCUT2D eigenvalue weighted by molar-refractivity contribution is 6.30.